The Bertz CT molecular complexity index is 1050. The van der Waals surface area contributed by atoms with Gasteiger partial charge in [0.2, 0.25) is 5.91 Å². The van der Waals surface area contributed by atoms with Crippen LogP contribution in [0.25, 0.3) is 0 Å². The first kappa shape index (κ1) is 22.6. The number of benzene rings is 2. The topological polar surface area (TPSA) is 74.5 Å². The molecule has 1 unspecified atom stereocenters. The fourth-order valence-corrected chi connectivity index (χ4v) is 4.18. The van der Waals surface area contributed by atoms with Gasteiger partial charge in [0.25, 0.3) is 0 Å². The Balaban J connectivity index is 1.21. The summed E-state index contributed by atoms with van der Waals surface area (Å²) in [6, 6.07) is 20.7. The predicted octanol–water partition coefficient (Wildman–Crippen LogP) is 2.69. The maximum absolute atomic E-state index is 12.4. The zero-order valence-corrected chi connectivity index (χ0v) is 19.2. The second-order valence-electron chi connectivity index (χ2n) is 8.48. The number of likely N-dealkylation sites (tertiary alicyclic amines) is 1. The molecule has 0 aliphatic carbocycles. The van der Waals surface area contributed by atoms with Gasteiger partial charge >= 0.3 is 0 Å². The second-order valence-corrected chi connectivity index (χ2v) is 8.48. The molecule has 4 rings (SSSR count). The summed E-state index contributed by atoms with van der Waals surface area (Å²) in [6.07, 6.45) is 5.25. The number of nitrogens with zero attached hydrogens (tertiary/aromatic N) is 4. The normalized spacial score (nSPS) is 16.3. The number of guanidine groups is 1. The van der Waals surface area contributed by atoms with Crippen molar-refractivity contribution in [3.63, 3.8) is 0 Å². The van der Waals surface area contributed by atoms with E-state index >= 15 is 0 Å². The third kappa shape index (κ3) is 6.68. The third-order valence-electron chi connectivity index (χ3n) is 5.94. The molecule has 1 fully saturated rings. The van der Waals surface area contributed by atoms with Crippen LogP contribution in [0.15, 0.2) is 78.0 Å². The highest BCUT2D eigenvalue weighted by atomic mass is 16.2. The maximum Gasteiger partial charge on any atom is 0.223 e. The second kappa shape index (κ2) is 11.3. The summed E-state index contributed by atoms with van der Waals surface area (Å²) in [7, 11) is 1.77. The Hall–Kier alpha value is -3.61. The highest BCUT2D eigenvalue weighted by Crippen LogP contribution is 2.17. The van der Waals surface area contributed by atoms with Gasteiger partial charge in [-0.2, -0.15) is 5.10 Å². The van der Waals surface area contributed by atoms with E-state index in [0.29, 0.717) is 18.9 Å². The third-order valence-corrected chi connectivity index (χ3v) is 5.94. The van der Waals surface area contributed by atoms with Crippen LogP contribution in [0, 0.1) is 5.92 Å². The number of aromatic nitrogens is 2. The summed E-state index contributed by atoms with van der Waals surface area (Å²) in [6.45, 7) is 3.74. The van der Waals surface area contributed by atoms with E-state index < -0.39 is 0 Å². The van der Waals surface area contributed by atoms with Gasteiger partial charge in [-0.25, -0.2) is 0 Å². The molecular formula is C26H32N6O. The molecule has 2 heterocycles. The number of amides is 1. The molecule has 1 aliphatic heterocycles. The Morgan fingerprint density at radius 2 is 1.88 bits per heavy atom. The molecule has 1 amide bonds. The molecule has 33 heavy (non-hydrogen) atoms. The van der Waals surface area contributed by atoms with E-state index in [1.807, 2.05) is 40.0 Å². The predicted molar refractivity (Wildman–Crippen MR) is 131 cm³/mol. The van der Waals surface area contributed by atoms with E-state index in [9.17, 15) is 4.79 Å². The summed E-state index contributed by atoms with van der Waals surface area (Å²) < 4.78 is 1.92. The largest absolute Gasteiger partial charge is 0.356 e. The van der Waals surface area contributed by atoms with Crippen LogP contribution >= 0.6 is 0 Å². The van der Waals surface area contributed by atoms with E-state index in [2.05, 4.69) is 57.1 Å². The molecule has 7 nitrogen and oxygen atoms in total. The van der Waals surface area contributed by atoms with Crippen molar-refractivity contribution in [2.24, 2.45) is 10.9 Å². The summed E-state index contributed by atoms with van der Waals surface area (Å²) in [5.41, 5.74) is 3.66. The van der Waals surface area contributed by atoms with Gasteiger partial charge in [-0.05, 0) is 29.2 Å². The number of carbonyl (C=O) groups is 1. The summed E-state index contributed by atoms with van der Waals surface area (Å²) in [5, 5.41) is 11.0. The number of carbonyl (C=O) groups excluding carboxylic acids is 1. The lowest BCUT2D eigenvalue weighted by atomic mass is 10.1. The zero-order chi connectivity index (χ0) is 22.9. The van der Waals surface area contributed by atoms with Gasteiger partial charge in [0.05, 0.1) is 6.54 Å². The van der Waals surface area contributed by atoms with Crippen molar-refractivity contribution in [2.45, 2.75) is 25.9 Å². The van der Waals surface area contributed by atoms with Crippen molar-refractivity contribution in [1.29, 1.82) is 0 Å². The average molecular weight is 445 g/mol. The van der Waals surface area contributed by atoms with Crippen LogP contribution in [-0.4, -0.2) is 53.2 Å². The van der Waals surface area contributed by atoms with E-state index in [-0.39, 0.29) is 5.91 Å². The Morgan fingerprint density at radius 3 is 2.67 bits per heavy atom. The first-order valence-electron chi connectivity index (χ1n) is 11.5. The van der Waals surface area contributed by atoms with Gasteiger partial charge in [-0.15, -0.1) is 0 Å². The van der Waals surface area contributed by atoms with Crippen molar-refractivity contribution in [3.8, 4) is 0 Å². The summed E-state index contributed by atoms with van der Waals surface area (Å²) in [5.74, 6) is 1.29. The summed E-state index contributed by atoms with van der Waals surface area (Å²) >= 11 is 0. The number of nitrogens with one attached hydrogen (secondary N) is 2. The van der Waals surface area contributed by atoms with E-state index in [0.717, 1.165) is 38.6 Å². The molecule has 2 N–H and O–H groups in total. The van der Waals surface area contributed by atoms with E-state index in [4.69, 9.17) is 0 Å². The SMILES string of the molecule is CN=C(NCc1cccc(Cn2cccn2)c1)NCC1CC(=O)N(CCc2ccccc2)C1. The maximum atomic E-state index is 12.4. The minimum atomic E-state index is 0.245. The lowest BCUT2D eigenvalue weighted by molar-refractivity contribution is -0.127. The van der Waals surface area contributed by atoms with Gasteiger partial charge in [0, 0.05) is 58.0 Å². The number of rotatable bonds is 9. The lowest BCUT2D eigenvalue weighted by Crippen LogP contribution is -2.40. The number of hydrogen-bond donors (Lipinski definition) is 2. The molecule has 0 spiro atoms. The first-order valence-corrected chi connectivity index (χ1v) is 11.5. The molecule has 1 atom stereocenters. The van der Waals surface area contributed by atoms with E-state index in [1.165, 1.54) is 16.7 Å². The van der Waals surface area contributed by atoms with Crippen molar-refractivity contribution in [3.05, 3.63) is 89.7 Å². The van der Waals surface area contributed by atoms with E-state index in [1.54, 1.807) is 13.2 Å². The molecule has 1 aliphatic rings. The molecule has 3 aromatic rings. The van der Waals surface area contributed by atoms with Crippen LogP contribution < -0.4 is 10.6 Å². The van der Waals surface area contributed by atoms with Crippen LogP contribution in [0.2, 0.25) is 0 Å². The Labute approximate surface area is 195 Å². The number of hydrogen-bond acceptors (Lipinski definition) is 3. The van der Waals surface area contributed by atoms with Crippen LogP contribution in [0.4, 0.5) is 0 Å². The first-order chi connectivity index (χ1) is 16.2. The summed E-state index contributed by atoms with van der Waals surface area (Å²) in [4.78, 5) is 18.8. The fourth-order valence-electron chi connectivity index (χ4n) is 4.18. The molecule has 2 aromatic carbocycles. The smallest absolute Gasteiger partial charge is 0.223 e. The highest BCUT2D eigenvalue weighted by Gasteiger charge is 2.29. The molecule has 7 heteroatoms. The average Bonchev–Trinajstić information content (AvgIpc) is 3.48. The Morgan fingerprint density at radius 1 is 1.06 bits per heavy atom. The molecular weight excluding hydrogens is 412 g/mol. The monoisotopic (exact) mass is 444 g/mol. The Kier molecular flexibility index (Phi) is 7.74. The highest BCUT2D eigenvalue weighted by molar-refractivity contribution is 5.80. The fraction of sp³-hybridized carbons (Fsp3) is 0.346. The molecule has 0 radical (unpaired) electrons. The molecule has 172 valence electrons. The minimum Gasteiger partial charge on any atom is -0.356 e. The minimum absolute atomic E-state index is 0.245. The van der Waals surface area contributed by atoms with Crippen LogP contribution in [0.1, 0.15) is 23.1 Å². The lowest BCUT2D eigenvalue weighted by Gasteiger charge is -2.18. The standard InChI is InChI=1S/C26H32N6O/c1-27-26(28-17-22-9-5-10-23(15-22)20-32-13-6-12-30-32)29-18-24-16-25(33)31(19-24)14-11-21-7-3-2-4-8-21/h2-10,12-13,15,24H,11,14,16-20H2,1H3,(H2,27,28,29). The zero-order valence-electron chi connectivity index (χ0n) is 19.2. The quantitative estimate of drug-likeness (QED) is 0.393. The molecule has 1 saturated heterocycles. The van der Waals surface area contributed by atoms with Crippen LogP contribution in [0.3, 0.4) is 0 Å². The van der Waals surface area contributed by atoms with Gasteiger partial charge in [0.15, 0.2) is 5.96 Å². The van der Waals surface area contributed by atoms with Crippen molar-refractivity contribution in [1.82, 2.24) is 25.3 Å². The van der Waals surface area contributed by atoms with Gasteiger partial charge in [-0.3, -0.25) is 14.5 Å². The van der Waals surface area contributed by atoms with Gasteiger partial charge in [0.1, 0.15) is 0 Å². The molecule has 0 saturated carbocycles. The van der Waals surface area contributed by atoms with Gasteiger partial charge in [-0.1, -0.05) is 54.6 Å². The van der Waals surface area contributed by atoms with Crippen molar-refractivity contribution >= 4 is 11.9 Å². The van der Waals surface area contributed by atoms with Crippen molar-refractivity contribution in [2.75, 3.05) is 26.7 Å². The van der Waals surface area contributed by atoms with Crippen LogP contribution in [-0.2, 0) is 24.3 Å². The molecule has 0 bridgehead atoms. The van der Waals surface area contributed by atoms with Gasteiger partial charge < -0.3 is 15.5 Å². The van der Waals surface area contributed by atoms with Crippen LogP contribution in [0.5, 0.6) is 0 Å². The molecule has 1 aromatic heterocycles. The number of aliphatic imine (C=N–C) groups is 1. The van der Waals surface area contributed by atoms with Crippen molar-refractivity contribution < 1.29 is 4.79 Å².